The fourth-order valence-corrected chi connectivity index (χ4v) is 2.69. The lowest BCUT2D eigenvalue weighted by atomic mass is 10.2. The summed E-state index contributed by atoms with van der Waals surface area (Å²) in [6, 6.07) is 7.88. The summed E-state index contributed by atoms with van der Waals surface area (Å²) < 4.78 is 5.27. The van der Waals surface area contributed by atoms with Crippen LogP contribution < -0.4 is 5.32 Å². The lowest BCUT2D eigenvalue weighted by Gasteiger charge is -2.22. The Balaban J connectivity index is 0.00000364. The quantitative estimate of drug-likeness (QED) is 0.248. The van der Waals surface area contributed by atoms with Gasteiger partial charge in [-0.15, -0.1) is 24.0 Å². The van der Waals surface area contributed by atoms with E-state index in [2.05, 4.69) is 47.2 Å². The van der Waals surface area contributed by atoms with Crippen molar-refractivity contribution in [1.29, 1.82) is 0 Å². The van der Waals surface area contributed by atoms with Crippen LogP contribution in [0.4, 0.5) is 0 Å². The van der Waals surface area contributed by atoms with Gasteiger partial charge in [0, 0.05) is 44.0 Å². The van der Waals surface area contributed by atoms with Gasteiger partial charge in [0.15, 0.2) is 11.8 Å². The van der Waals surface area contributed by atoms with Gasteiger partial charge < -0.3 is 14.7 Å². The normalized spacial score (nSPS) is 11.4. The van der Waals surface area contributed by atoms with Crippen molar-refractivity contribution in [2.45, 2.75) is 46.1 Å². The third kappa shape index (κ3) is 8.04. The molecular weight excluding hydrogens is 477 g/mol. The molecule has 8 heteroatoms. The molecule has 0 saturated heterocycles. The van der Waals surface area contributed by atoms with E-state index in [9.17, 15) is 0 Å². The Hall–Kier alpha value is -1.35. The molecule has 1 aromatic carbocycles. The van der Waals surface area contributed by atoms with E-state index in [-0.39, 0.29) is 29.9 Å². The first-order chi connectivity index (χ1) is 12.5. The van der Waals surface area contributed by atoms with Crippen LogP contribution in [0.1, 0.15) is 50.4 Å². The standard InChI is InChI=1S/C19H28ClN5O.HI/c1-5-21-19(25(4)13-15-8-6-9-16(20)12-15)22-11-7-10-17-23-18(14(2)3)24-26-17;/h6,8-9,12,14H,5,7,10-11,13H2,1-4H3,(H,21,22);1H. The number of nitrogens with zero attached hydrogens (tertiary/aromatic N) is 4. The van der Waals surface area contributed by atoms with Crippen LogP contribution in [0.15, 0.2) is 33.8 Å². The van der Waals surface area contributed by atoms with Crippen LogP contribution in [0, 0.1) is 0 Å². The predicted molar refractivity (Wildman–Crippen MR) is 121 cm³/mol. The van der Waals surface area contributed by atoms with Crippen LogP contribution in [0.25, 0.3) is 0 Å². The maximum atomic E-state index is 6.07. The molecule has 0 aliphatic carbocycles. The average molecular weight is 506 g/mol. The van der Waals surface area contributed by atoms with E-state index in [4.69, 9.17) is 21.1 Å². The topological polar surface area (TPSA) is 66.5 Å². The first-order valence-corrected chi connectivity index (χ1v) is 9.43. The highest BCUT2D eigenvalue weighted by atomic mass is 127. The highest BCUT2D eigenvalue weighted by Crippen LogP contribution is 2.13. The molecule has 0 bridgehead atoms. The highest BCUT2D eigenvalue weighted by molar-refractivity contribution is 14.0. The van der Waals surface area contributed by atoms with Gasteiger partial charge in [-0.3, -0.25) is 4.99 Å². The molecule has 2 aromatic rings. The van der Waals surface area contributed by atoms with E-state index in [1.807, 2.05) is 25.2 Å². The van der Waals surface area contributed by atoms with Crippen molar-refractivity contribution in [1.82, 2.24) is 20.4 Å². The molecule has 0 fully saturated rings. The summed E-state index contributed by atoms with van der Waals surface area (Å²) in [4.78, 5) is 11.2. The van der Waals surface area contributed by atoms with Crippen LogP contribution in [-0.2, 0) is 13.0 Å². The summed E-state index contributed by atoms with van der Waals surface area (Å²) in [6.07, 6.45) is 1.60. The summed E-state index contributed by atoms with van der Waals surface area (Å²) in [5, 5.41) is 8.06. The predicted octanol–water partition coefficient (Wildman–Crippen LogP) is 4.49. The number of aliphatic imine (C=N–C) groups is 1. The Morgan fingerprint density at radius 3 is 2.78 bits per heavy atom. The fraction of sp³-hybridized carbons (Fsp3) is 0.526. The molecule has 150 valence electrons. The maximum absolute atomic E-state index is 6.07. The summed E-state index contributed by atoms with van der Waals surface area (Å²) >= 11 is 6.07. The fourth-order valence-electron chi connectivity index (χ4n) is 2.47. The van der Waals surface area contributed by atoms with Gasteiger partial charge >= 0.3 is 0 Å². The number of aromatic nitrogens is 2. The zero-order valence-electron chi connectivity index (χ0n) is 16.4. The van der Waals surface area contributed by atoms with Crippen molar-refractivity contribution in [3.63, 3.8) is 0 Å². The van der Waals surface area contributed by atoms with E-state index in [0.29, 0.717) is 12.4 Å². The Kier molecular flexibility index (Phi) is 10.7. The second kappa shape index (κ2) is 12.2. The lowest BCUT2D eigenvalue weighted by molar-refractivity contribution is 0.369. The van der Waals surface area contributed by atoms with Gasteiger partial charge in [0.1, 0.15) is 0 Å². The van der Waals surface area contributed by atoms with Gasteiger partial charge in [0.25, 0.3) is 0 Å². The molecule has 0 spiro atoms. The SMILES string of the molecule is CCNC(=NCCCc1nc(C(C)C)no1)N(C)Cc1cccc(Cl)c1.I. The first kappa shape index (κ1) is 23.7. The van der Waals surface area contributed by atoms with E-state index in [1.54, 1.807) is 0 Å². The van der Waals surface area contributed by atoms with Crippen LogP contribution >= 0.6 is 35.6 Å². The number of guanidine groups is 1. The van der Waals surface area contributed by atoms with Gasteiger partial charge in [-0.25, -0.2) is 0 Å². The molecule has 0 aliphatic rings. The minimum atomic E-state index is 0. The largest absolute Gasteiger partial charge is 0.357 e. The first-order valence-electron chi connectivity index (χ1n) is 9.06. The second-order valence-corrected chi connectivity index (χ2v) is 6.96. The van der Waals surface area contributed by atoms with Crippen molar-refractivity contribution < 1.29 is 4.52 Å². The molecule has 2 rings (SSSR count). The number of halogens is 2. The van der Waals surface area contributed by atoms with Crippen molar-refractivity contribution in [3.8, 4) is 0 Å². The molecule has 0 saturated carbocycles. The number of hydrogen-bond donors (Lipinski definition) is 1. The van der Waals surface area contributed by atoms with E-state index < -0.39 is 0 Å². The van der Waals surface area contributed by atoms with Crippen LogP contribution in [0.3, 0.4) is 0 Å². The zero-order valence-corrected chi connectivity index (χ0v) is 19.5. The molecular formula is C19H29ClIN5O. The third-order valence-corrected chi connectivity index (χ3v) is 4.05. The minimum Gasteiger partial charge on any atom is -0.357 e. The molecule has 0 unspecified atom stereocenters. The molecule has 6 nitrogen and oxygen atoms in total. The smallest absolute Gasteiger partial charge is 0.226 e. The van der Waals surface area contributed by atoms with Gasteiger partial charge in [-0.2, -0.15) is 4.98 Å². The summed E-state index contributed by atoms with van der Waals surface area (Å²) in [5.74, 6) is 2.60. The van der Waals surface area contributed by atoms with Crippen molar-refractivity contribution >= 4 is 41.5 Å². The highest BCUT2D eigenvalue weighted by Gasteiger charge is 2.10. The van der Waals surface area contributed by atoms with Crippen LogP contribution in [0.5, 0.6) is 0 Å². The van der Waals surface area contributed by atoms with Crippen LogP contribution in [-0.4, -0.2) is 41.1 Å². The minimum absolute atomic E-state index is 0. The zero-order chi connectivity index (χ0) is 18.9. The molecule has 1 heterocycles. The second-order valence-electron chi connectivity index (χ2n) is 6.53. The van der Waals surface area contributed by atoms with Crippen molar-refractivity contribution in [2.24, 2.45) is 4.99 Å². The van der Waals surface area contributed by atoms with Crippen molar-refractivity contribution in [2.75, 3.05) is 20.1 Å². The Labute approximate surface area is 183 Å². The van der Waals surface area contributed by atoms with Crippen molar-refractivity contribution in [3.05, 3.63) is 46.6 Å². The molecule has 0 amide bonds. The number of hydrogen-bond acceptors (Lipinski definition) is 4. The van der Waals surface area contributed by atoms with E-state index in [1.165, 1.54) is 0 Å². The molecule has 0 atom stereocenters. The number of rotatable bonds is 8. The van der Waals surface area contributed by atoms with E-state index in [0.717, 1.165) is 48.3 Å². The average Bonchev–Trinajstić information content (AvgIpc) is 3.07. The van der Waals surface area contributed by atoms with Gasteiger partial charge in [-0.05, 0) is 31.0 Å². The summed E-state index contributed by atoms with van der Waals surface area (Å²) in [7, 11) is 2.02. The van der Waals surface area contributed by atoms with Gasteiger partial charge in [-0.1, -0.05) is 42.7 Å². The maximum Gasteiger partial charge on any atom is 0.226 e. The lowest BCUT2D eigenvalue weighted by Crippen LogP contribution is -2.38. The molecule has 0 aliphatic heterocycles. The number of benzene rings is 1. The molecule has 0 radical (unpaired) electrons. The van der Waals surface area contributed by atoms with E-state index >= 15 is 0 Å². The van der Waals surface area contributed by atoms with Crippen LogP contribution in [0.2, 0.25) is 5.02 Å². The third-order valence-electron chi connectivity index (χ3n) is 3.82. The monoisotopic (exact) mass is 505 g/mol. The number of aryl methyl sites for hydroxylation is 1. The molecule has 1 N–H and O–H groups in total. The van der Waals surface area contributed by atoms with Gasteiger partial charge in [0.2, 0.25) is 5.89 Å². The Bertz CT molecular complexity index is 720. The summed E-state index contributed by atoms with van der Waals surface area (Å²) in [6.45, 7) is 8.43. The number of nitrogens with one attached hydrogen (secondary N) is 1. The molecule has 1 aromatic heterocycles. The van der Waals surface area contributed by atoms with Gasteiger partial charge in [0.05, 0.1) is 0 Å². The summed E-state index contributed by atoms with van der Waals surface area (Å²) in [5.41, 5.74) is 1.15. The Morgan fingerprint density at radius 2 is 2.15 bits per heavy atom. The molecule has 27 heavy (non-hydrogen) atoms. The Morgan fingerprint density at radius 1 is 1.37 bits per heavy atom.